The van der Waals surface area contributed by atoms with E-state index in [4.69, 9.17) is 11.6 Å². The number of nitrogens with one attached hydrogen (secondary N) is 1. The molecule has 1 aromatic carbocycles. The zero-order valence-corrected chi connectivity index (χ0v) is 14.0. The molecule has 8 heteroatoms. The third kappa shape index (κ3) is 3.61. The summed E-state index contributed by atoms with van der Waals surface area (Å²) in [4.78, 5) is 20.2. The summed E-state index contributed by atoms with van der Waals surface area (Å²) >= 11 is 6.12. The lowest BCUT2D eigenvalue weighted by atomic mass is 10.1. The number of halogens is 3. The predicted octanol–water partition coefficient (Wildman–Crippen LogP) is 3.68. The SMILES string of the molecule is CC(Cc1ccccc1Cl)NC(=O)c1c(C(F)F)nc2cnccn12. The van der Waals surface area contributed by atoms with Crippen LogP contribution in [0.15, 0.2) is 42.9 Å². The topological polar surface area (TPSA) is 59.3 Å². The molecular weight excluding hydrogens is 350 g/mol. The molecule has 5 nitrogen and oxygen atoms in total. The highest BCUT2D eigenvalue weighted by Gasteiger charge is 2.26. The molecule has 1 N–H and O–H groups in total. The van der Waals surface area contributed by atoms with Crippen LogP contribution in [0.3, 0.4) is 0 Å². The van der Waals surface area contributed by atoms with Crippen LogP contribution < -0.4 is 5.32 Å². The van der Waals surface area contributed by atoms with Gasteiger partial charge in [0, 0.05) is 23.5 Å². The van der Waals surface area contributed by atoms with Crippen molar-refractivity contribution in [2.45, 2.75) is 25.8 Å². The number of rotatable bonds is 5. The van der Waals surface area contributed by atoms with E-state index in [-0.39, 0.29) is 17.4 Å². The lowest BCUT2D eigenvalue weighted by Crippen LogP contribution is -2.35. The number of carbonyl (C=O) groups is 1. The van der Waals surface area contributed by atoms with E-state index in [1.54, 1.807) is 13.0 Å². The first-order valence-electron chi connectivity index (χ1n) is 7.61. The van der Waals surface area contributed by atoms with Crippen LogP contribution in [0.4, 0.5) is 8.78 Å². The average molecular weight is 365 g/mol. The fourth-order valence-corrected chi connectivity index (χ4v) is 2.85. The second-order valence-corrected chi connectivity index (χ2v) is 6.03. The van der Waals surface area contributed by atoms with Crippen LogP contribution >= 0.6 is 11.6 Å². The molecule has 2 heterocycles. The van der Waals surface area contributed by atoms with E-state index in [1.807, 2.05) is 18.2 Å². The van der Waals surface area contributed by atoms with E-state index in [0.717, 1.165) is 5.56 Å². The van der Waals surface area contributed by atoms with E-state index in [1.165, 1.54) is 23.0 Å². The summed E-state index contributed by atoms with van der Waals surface area (Å²) in [5.74, 6) is -0.617. The number of alkyl halides is 2. The van der Waals surface area contributed by atoms with Gasteiger partial charge in [-0.05, 0) is 25.0 Å². The standard InChI is InChI=1S/C17H15ClF2N4O/c1-10(8-11-4-2-3-5-12(11)18)22-17(25)15-14(16(19)20)23-13-9-21-6-7-24(13)15/h2-7,9-10,16H,8H2,1H3,(H,22,25). The molecule has 3 rings (SSSR count). The Morgan fingerprint density at radius 3 is 2.84 bits per heavy atom. The maximum absolute atomic E-state index is 13.3. The van der Waals surface area contributed by atoms with E-state index in [0.29, 0.717) is 11.4 Å². The van der Waals surface area contributed by atoms with Gasteiger partial charge in [-0.15, -0.1) is 0 Å². The Bertz CT molecular complexity index is 913. The molecule has 0 saturated carbocycles. The molecule has 0 bridgehead atoms. The molecule has 0 aliphatic rings. The van der Waals surface area contributed by atoms with Gasteiger partial charge in [-0.1, -0.05) is 29.8 Å². The Hall–Kier alpha value is -2.54. The third-order valence-corrected chi connectivity index (χ3v) is 4.11. The van der Waals surface area contributed by atoms with Gasteiger partial charge in [0.05, 0.1) is 6.20 Å². The summed E-state index contributed by atoms with van der Waals surface area (Å²) in [6, 6.07) is 6.98. The van der Waals surface area contributed by atoms with Gasteiger partial charge in [-0.3, -0.25) is 14.2 Å². The molecule has 2 aromatic heterocycles. The van der Waals surface area contributed by atoms with Gasteiger partial charge in [-0.25, -0.2) is 13.8 Å². The molecule has 1 atom stereocenters. The summed E-state index contributed by atoms with van der Waals surface area (Å²) in [6.07, 6.45) is 1.79. The Kier molecular flexibility index (Phi) is 4.94. The number of imidazole rings is 1. The number of amides is 1. The molecule has 130 valence electrons. The maximum Gasteiger partial charge on any atom is 0.282 e. The zero-order chi connectivity index (χ0) is 18.0. The lowest BCUT2D eigenvalue weighted by molar-refractivity contribution is 0.0918. The largest absolute Gasteiger partial charge is 0.348 e. The van der Waals surface area contributed by atoms with Gasteiger partial charge < -0.3 is 5.32 Å². The fourth-order valence-electron chi connectivity index (χ4n) is 2.64. The predicted molar refractivity (Wildman–Crippen MR) is 90.0 cm³/mol. The Morgan fingerprint density at radius 2 is 2.12 bits per heavy atom. The minimum Gasteiger partial charge on any atom is -0.348 e. The van der Waals surface area contributed by atoms with Crippen molar-refractivity contribution < 1.29 is 13.6 Å². The quantitative estimate of drug-likeness (QED) is 0.751. The van der Waals surface area contributed by atoms with Crippen molar-refractivity contribution in [1.82, 2.24) is 19.7 Å². The van der Waals surface area contributed by atoms with Crippen LogP contribution in [0.5, 0.6) is 0 Å². The number of nitrogens with zero attached hydrogens (tertiary/aromatic N) is 3. The van der Waals surface area contributed by atoms with Crippen LogP contribution in [0, 0.1) is 0 Å². The van der Waals surface area contributed by atoms with Crippen molar-refractivity contribution >= 4 is 23.2 Å². The molecule has 0 fully saturated rings. The molecule has 1 amide bonds. The minimum absolute atomic E-state index is 0.182. The maximum atomic E-state index is 13.3. The van der Waals surface area contributed by atoms with Gasteiger partial charge >= 0.3 is 0 Å². The highest BCUT2D eigenvalue weighted by Crippen LogP contribution is 2.23. The van der Waals surface area contributed by atoms with Gasteiger partial charge in [0.2, 0.25) is 0 Å². The van der Waals surface area contributed by atoms with Crippen molar-refractivity contribution in [1.29, 1.82) is 0 Å². The van der Waals surface area contributed by atoms with Crippen LogP contribution in [0.1, 0.15) is 35.1 Å². The summed E-state index contributed by atoms with van der Waals surface area (Å²) in [6.45, 7) is 1.79. The molecule has 0 saturated heterocycles. The van der Waals surface area contributed by atoms with Gasteiger partial charge in [0.25, 0.3) is 12.3 Å². The summed E-state index contributed by atoms with van der Waals surface area (Å²) in [5.41, 5.74) is 0.323. The molecule has 0 aliphatic carbocycles. The molecule has 0 spiro atoms. The van der Waals surface area contributed by atoms with Crippen LogP contribution in [-0.2, 0) is 6.42 Å². The second-order valence-electron chi connectivity index (χ2n) is 5.62. The highest BCUT2D eigenvalue weighted by molar-refractivity contribution is 6.31. The molecule has 0 aliphatic heterocycles. The average Bonchev–Trinajstić information content (AvgIpc) is 2.97. The summed E-state index contributed by atoms with van der Waals surface area (Å²) in [7, 11) is 0. The molecule has 25 heavy (non-hydrogen) atoms. The van der Waals surface area contributed by atoms with Crippen molar-refractivity contribution in [3.8, 4) is 0 Å². The normalized spacial score (nSPS) is 12.5. The smallest absolute Gasteiger partial charge is 0.282 e. The zero-order valence-electron chi connectivity index (χ0n) is 13.3. The first kappa shape index (κ1) is 17.3. The Balaban J connectivity index is 1.85. The van der Waals surface area contributed by atoms with Crippen LogP contribution in [0.2, 0.25) is 5.02 Å². The number of hydrogen-bond acceptors (Lipinski definition) is 3. The minimum atomic E-state index is -2.86. The lowest BCUT2D eigenvalue weighted by Gasteiger charge is -2.15. The molecule has 3 aromatic rings. The summed E-state index contributed by atoms with van der Waals surface area (Å²) in [5, 5.41) is 3.33. The van der Waals surface area contributed by atoms with E-state index >= 15 is 0 Å². The fraction of sp³-hybridized carbons (Fsp3) is 0.235. The van der Waals surface area contributed by atoms with E-state index in [2.05, 4.69) is 15.3 Å². The Labute approximate surface area is 147 Å². The van der Waals surface area contributed by atoms with E-state index < -0.39 is 18.0 Å². The van der Waals surface area contributed by atoms with Crippen molar-refractivity contribution in [3.63, 3.8) is 0 Å². The van der Waals surface area contributed by atoms with Crippen LogP contribution in [0.25, 0.3) is 5.65 Å². The third-order valence-electron chi connectivity index (χ3n) is 3.74. The van der Waals surface area contributed by atoms with E-state index in [9.17, 15) is 13.6 Å². The molecule has 0 radical (unpaired) electrons. The van der Waals surface area contributed by atoms with Gasteiger partial charge in [0.1, 0.15) is 11.4 Å². The first-order valence-corrected chi connectivity index (χ1v) is 7.99. The number of carbonyl (C=O) groups excluding carboxylic acids is 1. The highest BCUT2D eigenvalue weighted by atomic mass is 35.5. The van der Waals surface area contributed by atoms with Crippen molar-refractivity contribution in [2.24, 2.45) is 0 Å². The number of fused-ring (bicyclic) bond motifs is 1. The monoisotopic (exact) mass is 364 g/mol. The molecular formula is C17H15ClF2N4O. The van der Waals surface area contributed by atoms with Crippen molar-refractivity contribution in [3.05, 3.63) is 64.8 Å². The number of aromatic nitrogens is 3. The van der Waals surface area contributed by atoms with Crippen LogP contribution in [-0.4, -0.2) is 26.3 Å². The Morgan fingerprint density at radius 1 is 1.36 bits per heavy atom. The van der Waals surface area contributed by atoms with Gasteiger partial charge in [0.15, 0.2) is 5.65 Å². The summed E-state index contributed by atoms with van der Waals surface area (Å²) < 4.78 is 27.9. The number of benzene rings is 1. The first-order chi connectivity index (χ1) is 12.0. The van der Waals surface area contributed by atoms with Crippen molar-refractivity contribution in [2.75, 3.05) is 0 Å². The van der Waals surface area contributed by atoms with Gasteiger partial charge in [-0.2, -0.15) is 0 Å². The molecule has 1 unspecified atom stereocenters. The second kappa shape index (κ2) is 7.14. The number of hydrogen-bond donors (Lipinski definition) is 1.